The summed E-state index contributed by atoms with van der Waals surface area (Å²) in [6.45, 7) is -4.32. The largest absolute Gasteiger partial charge is 1.00 e. The number of hydrogen-bond donors (Lipinski definition) is 1. The fourth-order valence-electron chi connectivity index (χ4n) is 1.71. The second-order valence-corrected chi connectivity index (χ2v) is 10.8. The number of anilines is 1. The van der Waals surface area contributed by atoms with Gasteiger partial charge in [0.05, 0.1) is 27.1 Å². The van der Waals surface area contributed by atoms with Gasteiger partial charge in [0.1, 0.15) is 11.8 Å². The van der Waals surface area contributed by atoms with Crippen LogP contribution in [0.2, 0.25) is 0 Å². The molecule has 0 bridgehead atoms. The van der Waals surface area contributed by atoms with E-state index in [1.165, 1.54) is 17.2 Å². The topological polar surface area (TPSA) is 224 Å². The van der Waals surface area contributed by atoms with E-state index in [4.69, 9.17) is 10.5 Å². The number of phosphoric acid groups is 2. The summed E-state index contributed by atoms with van der Waals surface area (Å²) in [5, 5.41) is 0. The summed E-state index contributed by atoms with van der Waals surface area (Å²) in [5.74, 6) is 0.179. The predicted octanol–water partition coefficient (Wildman–Crippen LogP) is -11.6. The average Bonchev–Trinajstić information content (AvgIpc) is 2.84. The van der Waals surface area contributed by atoms with Gasteiger partial charge in [-0.3, -0.25) is 13.2 Å². The Morgan fingerprint density at radius 3 is 2.28 bits per heavy atom. The molecule has 2 aromatic rings. The molecule has 0 fully saturated rings. The van der Waals surface area contributed by atoms with Crippen LogP contribution in [0.3, 0.4) is 0 Å². The molecule has 14 nitrogen and oxygen atoms in total. The number of nitrogens with two attached hydrogens (primary N) is 1. The van der Waals surface area contributed by atoms with Crippen LogP contribution in [0, 0.1) is 0 Å². The average molecular weight is 514 g/mol. The van der Waals surface area contributed by atoms with Crippen LogP contribution in [0.5, 0.6) is 0 Å². The molecule has 0 aromatic carbocycles. The molecular formula is C8H10N5Na3O9P3S-. The number of rotatable bonds is 9. The van der Waals surface area contributed by atoms with E-state index in [1.54, 1.807) is 0 Å². The normalized spacial score (nSPS) is 15.3. The first-order chi connectivity index (χ1) is 11.9. The van der Waals surface area contributed by atoms with Gasteiger partial charge in [-0.2, -0.15) is 0 Å². The summed E-state index contributed by atoms with van der Waals surface area (Å²) in [7, 11) is -11.6. The third-order valence-corrected chi connectivity index (χ3v) is 7.39. The second kappa shape index (κ2) is 13.8. The third kappa shape index (κ3) is 11.7. The number of aromatic nitrogens is 4. The van der Waals surface area contributed by atoms with Gasteiger partial charge in [-0.05, 0) is 0 Å². The molecule has 0 saturated heterocycles. The maximum atomic E-state index is 11.8. The van der Waals surface area contributed by atoms with E-state index in [0.29, 0.717) is 11.2 Å². The molecule has 146 valence electrons. The van der Waals surface area contributed by atoms with Crippen LogP contribution in [0.1, 0.15) is 0 Å². The summed E-state index contributed by atoms with van der Waals surface area (Å²) in [5.41, 5.74) is 6.41. The minimum absolute atomic E-state index is 0. The van der Waals surface area contributed by atoms with Crippen LogP contribution in [0.15, 0.2) is 12.7 Å². The molecule has 0 spiro atoms. The molecule has 2 heterocycles. The van der Waals surface area contributed by atoms with E-state index < -0.39 is 28.5 Å². The van der Waals surface area contributed by atoms with E-state index in [2.05, 4.69) is 35.4 Å². The number of imidazole rings is 1. The summed E-state index contributed by atoms with van der Waals surface area (Å²) in [6.07, 6.45) is 1.78. The Morgan fingerprint density at radius 1 is 1.07 bits per heavy atom. The monoisotopic (exact) mass is 514 g/mol. The van der Waals surface area contributed by atoms with Gasteiger partial charge < -0.3 is 39.2 Å². The molecule has 2 N–H and O–H groups in total. The zero-order valence-electron chi connectivity index (χ0n) is 15.6. The van der Waals surface area contributed by atoms with Crippen molar-refractivity contribution in [3.8, 4) is 0 Å². The minimum Gasteiger partial charge on any atom is -0.799 e. The van der Waals surface area contributed by atoms with Crippen molar-refractivity contribution in [3.05, 3.63) is 12.7 Å². The fraction of sp³-hybridized carbons (Fsp3) is 0.375. The van der Waals surface area contributed by atoms with Gasteiger partial charge >= 0.3 is 88.7 Å². The van der Waals surface area contributed by atoms with Gasteiger partial charge in [-0.15, -0.1) is 0 Å². The summed E-state index contributed by atoms with van der Waals surface area (Å²) >= 11 is 4.39. The number of fused-ring (bicyclic) bond motifs is 1. The van der Waals surface area contributed by atoms with Crippen molar-refractivity contribution >= 4 is 50.9 Å². The van der Waals surface area contributed by atoms with Crippen molar-refractivity contribution in [1.29, 1.82) is 0 Å². The van der Waals surface area contributed by atoms with Gasteiger partial charge in [0.15, 0.2) is 11.5 Å². The van der Waals surface area contributed by atoms with Crippen LogP contribution >= 0.6 is 22.1 Å². The Morgan fingerprint density at radius 2 is 1.69 bits per heavy atom. The third-order valence-electron chi connectivity index (χ3n) is 2.58. The molecule has 2 rings (SSSR count). The van der Waals surface area contributed by atoms with Gasteiger partial charge in [0.2, 0.25) is 0 Å². The van der Waals surface area contributed by atoms with Crippen molar-refractivity contribution in [3.63, 3.8) is 0 Å². The Balaban J connectivity index is 0. The molecule has 0 aliphatic heterocycles. The van der Waals surface area contributed by atoms with Crippen LogP contribution < -0.4 is 114 Å². The molecule has 0 aliphatic carbocycles. The van der Waals surface area contributed by atoms with Crippen LogP contribution in [0.4, 0.5) is 5.82 Å². The number of hydrogen-bond acceptors (Lipinski definition) is 14. The molecule has 21 heteroatoms. The molecule has 2 atom stereocenters. The smallest absolute Gasteiger partial charge is 0.799 e. The molecule has 2 unspecified atom stereocenters. The molecule has 0 saturated carbocycles. The SMILES string of the molecule is Nc1ncnc2c1ncn2CCOCP([O-])(=S)OP(=O)([O-])OP(=O)([O-])[O-].[Na+].[Na+].[Na+]. The Kier molecular flexibility index (Phi) is 15.9. The second-order valence-electron chi connectivity index (χ2n) is 4.58. The van der Waals surface area contributed by atoms with Crippen molar-refractivity contribution in [1.82, 2.24) is 19.5 Å². The summed E-state index contributed by atoms with van der Waals surface area (Å²) in [4.78, 5) is 55.2. The number of ether oxygens (including phenoxy) is 1. The van der Waals surface area contributed by atoms with Crippen LogP contribution in [-0.4, -0.2) is 32.5 Å². The Bertz CT molecular complexity index is 945. The maximum absolute atomic E-state index is 11.8. The van der Waals surface area contributed by atoms with E-state index >= 15 is 0 Å². The van der Waals surface area contributed by atoms with Gasteiger partial charge in [-0.1, -0.05) is 11.8 Å². The van der Waals surface area contributed by atoms with Gasteiger partial charge in [0.25, 0.3) is 7.82 Å². The van der Waals surface area contributed by atoms with Crippen LogP contribution in [0.25, 0.3) is 11.2 Å². The Labute approximate surface area is 236 Å². The standard InChI is InChI=1S/C8H14N5O9P3S.3Na/c9-7-6-8(11-3-10-7)13(4-12-6)1-2-20-5-23(14,26)21-25(18,19)22-24(15,16)17;;;/h3-4H,1-2,5H2,(H,14,26)(H,18,19)(H2,9,10,11)(H2,15,16,17);;;/q;3*+1/p-4. The van der Waals surface area contributed by atoms with E-state index in [1.807, 2.05) is 0 Å². The first-order valence-corrected chi connectivity index (χ1v) is 12.2. The first-order valence-electron chi connectivity index (χ1n) is 6.43. The molecular weight excluding hydrogens is 504 g/mol. The maximum Gasteiger partial charge on any atom is 1.00 e. The fourth-order valence-corrected chi connectivity index (χ4v) is 5.80. The first kappa shape index (κ1) is 33.4. The molecule has 0 amide bonds. The molecule has 29 heavy (non-hydrogen) atoms. The molecule has 2 aromatic heterocycles. The van der Waals surface area contributed by atoms with Crippen molar-refractivity contribution in [2.75, 3.05) is 18.7 Å². The predicted molar refractivity (Wildman–Crippen MR) is 82.2 cm³/mol. The van der Waals surface area contributed by atoms with E-state index in [9.17, 15) is 28.7 Å². The molecule has 0 aliphatic rings. The summed E-state index contributed by atoms with van der Waals surface area (Å²) in [6, 6.07) is 0. The van der Waals surface area contributed by atoms with Gasteiger partial charge in [0, 0.05) is 13.0 Å². The van der Waals surface area contributed by atoms with E-state index in [-0.39, 0.29) is 108 Å². The van der Waals surface area contributed by atoms with Crippen molar-refractivity contribution in [2.45, 2.75) is 6.54 Å². The summed E-state index contributed by atoms with van der Waals surface area (Å²) < 4.78 is 35.0. The zero-order valence-corrected chi connectivity index (χ0v) is 25.1. The van der Waals surface area contributed by atoms with E-state index in [0.717, 1.165) is 0 Å². The quantitative estimate of drug-likeness (QED) is 0.186. The van der Waals surface area contributed by atoms with Crippen LogP contribution in [-0.2, 0) is 40.8 Å². The zero-order chi connectivity index (χ0) is 19.6. The minimum atomic E-state index is -5.91. The number of nitrogens with zero attached hydrogens (tertiary/aromatic N) is 4. The van der Waals surface area contributed by atoms with Crippen molar-refractivity contribution < 1.29 is 131 Å². The van der Waals surface area contributed by atoms with Crippen molar-refractivity contribution in [2.24, 2.45) is 0 Å². The number of nitrogen functional groups attached to an aromatic ring is 1. The Hall–Kier alpha value is 2.18. The molecule has 0 radical (unpaired) electrons. The van der Waals surface area contributed by atoms with Gasteiger partial charge in [-0.25, -0.2) is 15.0 Å².